The summed E-state index contributed by atoms with van der Waals surface area (Å²) in [6.45, 7) is 0. The molecule has 0 fully saturated rings. The Morgan fingerprint density at radius 1 is 1.26 bits per heavy atom. The standard InChI is InChI=1S/C11H6Cl2N4OS/c12-6-1-7(13)3-8(2-6)15-10(18)9-4-17-11(16-9)19-5-14-17/h1-5H,(H,15,18). The van der Waals surface area contributed by atoms with Gasteiger partial charge in [-0.2, -0.15) is 5.10 Å². The number of rotatable bonds is 2. The fourth-order valence-corrected chi connectivity index (χ4v) is 2.70. The zero-order chi connectivity index (χ0) is 13.4. The molecule has 2 aromatic heterocycles. The second kappa shape index (κ2) is 4.80. The number of hydrogen-bond donors (Lipinski definition) is 1. The van der Waals surface area contributed by atoms with Gasteiger partial charge in [0.05, 0.1) is 6.20 Å². The molecule has 0 atom stereocenters. The van der Waals surface area contributed by atoms with Crippen molar-refractivity contribution in [3.63, 3.8) is 0 Å². The average Bonchev–Trinajstić information content (AvgIpc) is 2.86. The Labute approximate surface area is 121 Å². The lowest BCUT2D eigenvalue weighted by Gasteiger charge is -2.04. The summed E-state index contributed by atoms with van der Waals surface area (Å²) >= 11 is 13.1. The quantitative estimate of drug-likeness (QED) is 0.789. The van der Waals surface area contributed by atoms with Crippen LogP contribution in [-0.4, -0.2) is 20.5 Å². The molecule has 5 nitrogen and oxygen atoms in total. The Morgan fingerprint density at radius 3 is 2.68 bits per heavy atom. The summed E-state index contributed by atoms with van der Waals surface area (Å²) < 4.78 is 1.55. The van der Waals surface area contributed by atoms with Crippen LogP contribution in [0.4, 0.5) is 5.69 Å². The van der Waals surface area contributed by atoms with Crippen molar-refractivity contribution in [1.82, 2.24) is 14.6 Å². The molecular weight excluding hydrogens is 307 g/mol. The van der Waals surface area contributed by atoms with Crippen molar-refractivity contribution in [2.24, 2.45) is 0 Å². The first-order chi connectivity index (χ1) is 9.11. The number of carbonyl (C=O) groups excluding carboxylic acids is 1. The number of nitrogens with one attached hydrogen (secondary N) is 1. The van der Waals surface area contributed by atoms with Crippen molar-refractivity contribution < 1.29 is 4.79 Å². The van der Waals surface area contributed by atoms with Crippen LogP contribution in [-0.2, 0) is 0 Å². The first kappa shape index (κ1) is 12.4. The Balaban J connectivity index is 1.86. The maximum Gasteiger partial charge on any atom is 0.275 e. The summed E-state index contributed by atoms with van der Waals surface area (Å²) in [5.74, 6) is -0.337. The third kappa shape index (κ3) is 2.56. The fourth-order valence-electron chi connectivity index (χ4n) is 1.57. The van der Waals surface area contributed by atoms with Crippen molar-refractivity contribution in [3.05, 3.63) is 45.6 Å². The number of fused-ring (bicyclic) bond motifs is 1. The Morgan fingerprint density at radius 2 is 2.00 bits per heavy atom. The molecule has 0 aliphatic heterocycles. The predicted molar refractivity (Wildman–Crippen MR) is 75.3 cm³/mol. The van der Waals surface area contributed by atoms with Crippen LogP contribution in [0.15, 0.2) is 29.9 Å². The van der Waals surface area contributed by atoms with Crippen molar-refractivity contribution in [3.8, 4) is 0 Å². The second-order valence-electron chi connectivity index (χ2n) is 3.70. The van der Waals surface area contributed by atoms with Crippen molar-refractivity contribution in [2.45, 2.75) is 0 Å². The Bertz CT molecular complexity index is 718. The van der Waals surface area contributed by atoms with Crippen LogP contribution in [0.5, 0.6) is 0 Å². The van der Waals surface area contributed by atoms with Crippen LogP contribution in [0.3, 0.4) is 0 Å². The average molecular weight is 313 g/mol. The molecule has 0 aliphatic carbocycles. The molecule has 96 valence electrons. The number of anilines is 1. The van der Waals surface area contributed by atoms with E-state index in [1.807, 2.05) is 0 Å². The number of nitrogens with zero attached hydrogens (tertiary/aromatic N) is 3. The predicted octanol–water partition coefficient (Wildman–Crippen LogP) is 3.35. The maximum atomic E-state index is 12.0. The number of imidazole rings is 1. The molecule has 3 aromatic rings. The molecule has 1 aromatic carbocycles. The lowest BCUT2D eigenvalue weighted by atomic mass is 10.3. The number of carbonyl (C=O) groups is 1. The van der Waals surface area contributed by atoms with E-state index in [-0.39, 0.29) is 11.6 Å². The molecule has 8 heteroatoms. The van der Waals surface area contributed by atoms with Crippen LogP contribution < -0.4 is 5.32 Å². The molecule has 0 saturated carbocycles. The van der Waals surface area contributed by atoms with Gasteiger partial charge in [-0.15, -0.1) is 0 Å². The van der Waals surface area contributed by atoms with E-state index in [1.54, 1.807) is 34.4 Å². The molecule has 1 N–H and O–H groups in total. The number of benzene rings is 1. The van der Waals surface area contributed by atoms with E-state index in [0.717, 1.165) is 0 Å². The second-order valence-corrected chi connectivity index (χ2v) is 5.39. The van der Waals surface area contributed by atoms with Gasteiger partial charge in [-0.05, 0) is 18.2 Å². The number of hydrogen-bond acceptors (Lipinski definition) is 4. The van der Waals surface area contributed by atoms with Gasteiger partial charge in [0.15, 0.2) is 0 Å². The SMILES string of the molecule is O=C(Nc1cc(Cl)cc(Cl)c1)c1cn2ncsc2n1. The third-order valence-corrected chi connectivity index (χ3v) is 3.46. The van der Waals surface area contributed by atoms with Crippen LogP contribution in [0.2, 0.25) is 10.0 Å². The highest BCUT2D eigenvalue weighted by Gasteiger charge is 2.12. The zero-order valence-electron chi connectivity index (χ0n) is 9.30. The minimum atomic E-state index is -0.337. The molecule has 0 bridgehead atoms. The molecule has 0 aliphatic rings. The van der Waals surface area contributed by atoms with Gasteiger partial charge < -0.3 is 5.32 Å². The lowest BCUT2D eigenvalue weighted by molar-refractivity contribution is 0.102. The van der Waals surface area contributed by atoms with Crippen molar-refractivity contribution >= 4 is 51.1 Å². The van der Waals surface area contributed by atoms with Crippen molar-refractivity contribution in [2.75, 3.05) is 5.32 Å². The summed E-state index contributed by atoms with van der Waals surface area (Å²) in [5, 5.41) is 7.60. The van der Waals surface area contributed by atoms with Crippen LogP contribution in [0.25, 0.3) is 4.96 Å². The normalized spacial score (nSPS) is 10.8. The fraction of sp³-hybridized carbons (Fsp3) is 0. The van der Waals surface area contributed by atoms with Gasteiger partial charge in [-0.25, -0.2) is 9.50 Å². The first-order valence-corrected chi connectivity index (χ1v) is 6.82. The van der Waals surface area contributed by atoms with E-state index in [2.05, 4.69) is 15.4 Å². The van der Waals surface area contributed by atoms with Crippen LogP contribution in [0.1, 0.15) is 10.5 Å². The number of aromatic nitrogens is 3. The molecule has 1 amide bonds. The first-order valence-electron chi connectivity index (χ1n) is 5.18. The summed E-state index contributed by atoms with van der Waals surface area (Å²) in [7, 11) is 0. The third-order valence-electron chi connectivity index (χ3n) is 2.34. The molecule has 19 heavy (non-hydrogen) atoms. The van der Waals surface area contributed by atoms with Crippen molar-refractivity contribution in [1.29, 1.82) is 0 Å². The summed E-state index contributed by atoms with van der Waals surface area (Å²) in [6.07, 6.45) is 1.56. The van der Waals surface area contributed by atoms with E-state index >= 15 is 0 Å². The highest BCUT2D eigenvalue weighted by atomic mass is 35.5. The molecule has 0 saturated heterocycles. The molecule has 0 radical (unpaired) electrons. The smallest absolute Gasteiger partial charge is 0.275 e. The highest BCUT2D eigenvalue weighted by Crippen LogP contribution is 2.23. The molecular formula is C11H6Cl2N4OS. The van der Waals surface area contributed by atoms with E-state index in [9.17, 15) is 4.79 Å². The monoisotopic (exact) mass is 312 g/mol. The largest absolute Gasteiger partial charge is 0.320 e. The summed E-state index contributed by atoms with van der Waals surface area (Å²) in [4.78, 5) is 16.8. The highest BCUT2D eigenvalue weighted by molar-refractivity contribution is 7.14. The van der Waals surface area contributed by atoms with Crippen LogP contribution in [0, 0.1) is 0 Å². The topological polar surface area (TPSA) is 59.3 Å². The van der Waals surface area contributed by atoms with Gasteiger partial charge in [0.1, 0.15) is 11.2 Å². The molecule has 0 spiro atoms. The zero-order valence-corrected chi connectivity index (χ0v) is 11.6. The minimum absolute atomic E-state index is 0.287. The van der Waals surface area contributed by atoms with E-state index in [4.69, 9.17) is 23.2 Å². The van der Waals surface area contributed by atoms with E-state index in [1.165, 1.54) is 11.3 Å². The van der Waals surface area contributed by atoms with Gasteiger partial charge in [-0.1, -0.05) is 34.5 Å². The summed E-state index contributed by atoms with van der Waals surface area (Å²) in [6, 6.07) is 4.82. The molecule has 2 heterocycles. The Hall–Kier alpha value is -1.63. The minimum Gasteiger partial charge on any atom is -0.320 e. The number of amides is 1. The molecule has 3 rings (SSSR count). The Kier molecular flexibility index (Phi) is 3.14. The van der Waals surface area contributed by atoms with Gasteiger partial charge in [0, 0.05) is 15.7 Å². The maximum absolute atomic E-state index is 12.0. The van der Waals surface area contributed by atoms with Crippen LogP contribution >= 0.6 is 34.5 Å². The van der Waals surface area contributed by atoms with Gasteiger partial charge in [-0.3, -0.25) is 4.79 Å². The van der Waals surface area contributed by atoms with Gasteiger partial charge in [0.25, 0.3) is 5.91 Å². The summed E-state index contributed by atoms with van der Waals surface area (Å²) in [5.41, 5.74) is 2.46. The van der Waals surface area contributed by atoms with E-state index in [0.29, 0.717) is 20.7 Å². The lowest BCUT2D eigenvalue weighted by Crippen LogP contribution is -2.12. The number of halogens is 2. The van der Waals surface area contributed by atoms with Gasteiger partial charge >= 0.3 is 0 Å². The van der Waals surface area contributed by atoms with E-state index < -0.39 is 0 Å². The van der Waals surface area contributed by atoms with Gasteiger partial charge in [0.2, 0.25) is 4.96 Å². The molecule has 0 unspecified atom stereocenters.